The Bertz CT molecular complexity index is 985. The lowest BCUT2D eigenvalue weighted by Crippen LogP contribution is -3.39. The van der Waals surface area contributed by atoms with Crippen LogP contribution >= 0.6 is 11.6 Å². The predicted molar refractivity (Wildman–Crippen MR) is 96.5 cm³/mol. The zero-order valence-corrected chi connectivity index (χ0v) is 17.4. The molecular formula is C17H16ClIN6O2-. The number of aromatic amines is 1. The summed E-state index contributed by atoms with van der Waals surface area (Å²) in [5.41, 5.74) is 2.21. The van der Waals surface area contributed by atoms with Crippen LogP contribution in [0, 0.1) is 0 Å². The van der Waals surface area contributed by atoms with Gasteiger partial charge in [0.2, 0.25) is 5.95 Å². The van der Waals surface area contributed by atoms with Gasteiger partial charge in [-0.25, -0.2) is 15.0 Å². The van der Waals surface area contributed by atoms with Crippen LogP contribution in [0.3, 0.4) is 0 Å². The van der Waals surface area contributed by atoms with Gasteiger partial charge in [0.05, 0.1) is 16.2 Å². The van der Waals surface area contributed by atoms with E-state index < -0.39 is 5.97 Å². The molecule has 27 heavy (non-hydrogen) atoms. The molecule has 8 nitrogen and oxygen atoms in total. The molecule has 0 amide bonds. The molecule has 3 aromatic heterocycles. The summed E-state index contributed by atoms with van der Waals surface area (Å²) >= 11 is 8.86. The number of carbonyl (C=O) groups is 1. The number of alkyl halides is 1. The summed E-state index contributed by atoms with van der Waals surface area (Å²) in [5, 5.41) is 0.433. The summed E-state index contributed by atoms with van der Waals surface area (Å²) < 4.78 is 5.68. The van der Waals surface area contributed by atoms with Crippen molar-refractivity contribution < 1.29 is 32.1 Å². The Hall–Kier alpha value is -2.01. The molecule has 1 fully saturated rings. The lowest BCUT2D eigenvalue weighted by atomic mass is 10.1. The van der Waals surface area contributed by atoms with Crippen molar-refractivity contribution in [2.45, 2.75) is 23.7 Å². The predicted octanol–water partition coefficient (Wildman–Crippen LogP) is -0.484. The number of H-pyrrole nitrogens is 1. The van der Waals surface area contributed by atoms with Gasteiger partial charge in [0, 0.05) is 38.0 Å². The number of esters is 1. The number of rotatable bonds is 3. The number of pyridine rings is 1. The van der Waals surface area contributed by atoms with E-state index in [9.17, 15) is 4.79 Å². The Morgan fingerprint density at radius 2 is 2.00 bits per heavy atom. The Morgan fingerprint density at radius 3 is 2.67 bits per heavy atom. The number of fused-ring (bicyclic) bond motifs is 1. The molecule has 4 heterocycles. The minimum absolute atomic E-state index is 0.0866. The van der Waals surface area contributed by atoms with E-state index in [0.717, 1.165) is 35.8 Å². The van der Waals surface area contributed by atoms with Crippen LogP contribution in [-0.2, 0) is 4.79 Å². The van der Waals surface area contributed by atoms with Crippen molar-refractivity contribution in [3.63, 3.8) is 0 Å². The molecule has 0 unspecified atom stereocenters. The van der Waals surface area contributed by atoms with Crippen LogP contribution in [0.2, 0.25) is 5.02 Å². The molecular weight excluding hydrogens is 483 g/mol. The summed E-state index contributed by atoms with van der Waals surface area (Å²) in [6.45, 7) is 3.23. The molecule has 1 aliphatic heterocycles. The standard InChI is InChI=1S/C17H16ClIN6O2/c1-9(26)27-17-22-13-6-12(18)14(23-15(13)24-17)10-7-20-16(21-8-10)25-4-2-11(19)3-5-25/h6-8,11H,2-5H2,1H3,(H,22,23,24)/q-1. The van der Waals surface area contributed by atoms with Gasteiger partial charge in [-0.15, -0.1) is 0 Å². The number of nitrogens with zero attached hydrogens (tertiary/aromatic N) is 5. The first-order valence-corrected chi connectivity index (χ1v) is 10.1. The van der Waals surface area contributed by atoms with Crippen molar-refractivity contribution in [1.82, 2.24) is 24.9 Å². The fraction of sp³-hybridized carbons (Fsp3) is 0.353. The number of nitrogens with one attached hydrogen (secondary N) is 1. The average Bonchev–Trinajstić information content (AvgIpc) is 3.02. The van der Waals surface area contributed by atoms with E-state index in [-0.39, 0.29) is 6.01 Å². The second kappa shape index (κ2) is 7.55. The molecule has 10 heteroatoms. The first-order chi connectivity index (χ1) is 13.0. The van der Waals surface area contributed by atoms with Crippen molar-refractivity contribution in [1.29, 1.82) is 0 Å². The normalized spacial score (nSPS) is 15.3. The van der Waals surface area contributed by atoms with E-state index in [1.54, 1.807) is 18.5 Å². The van der Waals surface area contributed by atoms with Crippen molar-refractivity contribution in [2.75, 3.05) is 18.0 Å². The molecule has 0 aromatic carbocycles. The largest absolute Gasteiger partial charge is 0.793 e. The number of anilines is 1. The van der Waals surface area contributed by atoms with Crippen LogP contribution < -0.4 is 32.2 Å². The van der Waals surface area contributed by atoms with E-state index in [4.69, 9.17) is 16.3 Å². The summed E-state index contributed by atoms with van der Waals surface area (Å²) in [7, 11) is 0. The topological polar surface area (TPSA) is 96.9 Å². The van der Waals surface area contributed by atoms with Gasteiger partial charge in [-0.3, -0.25) is 4.79 Å². The van der Waals surface area contributed by atoms with Gasteiger partial charge in [-0.05, 0) is 6.07 Å². The highest BCUT2D eigenvalue weighted by Gasteiger charge is 2.17. The third kappa shape index (κ3) is 3.98. The van der Waals surface area contributed by atoms with Gasteiger partial charge in [0.1, 0.15) is 0 Å². The summed E-state index contributed by atoms with van der Waals surface area (Å²) in [5.74, 6) is 0.257. The molecule has 0 bridgehead atoms. The maximum Gasteiger partial charge on any atom is 0.310 e. The molecule has 4 rings (SSSR count). The maximum absolute atomic E-state index is 11.1. The van der Waals surface area contributed by atoms with Gasteiger partial charge < -0.3 is 37.2 Å². The SMILES string of the molecule is CC(=O)Oc1nc2nc(-c3cnc(N4CCC([I-])CC4)nc3)c(Cl)cc2[nH]1. The Kier molecular flexibility index (Phi) is 5.13. The maximum atomic E-state index is 11.1. The van der Waals surface area contributed by atoms with Crippen LogP contribution in [0.1, 0.15) is 19.8 Å². The number of hydrogen-bond donors (Lipinski definition) is 1. The molecule has 1 N–H and O–H groups in total. The summed E-state index contributed by atoms with van der Waals surface area (Å²) in [6.07, 6.45) is 5.72. The number of carbonyl (C=O) groups excluding carboxylic acids is 1. The lowest BCUT2D eigenvalue weighted by molar-refractivity contribution is -0.423. The van der Waals surface area contributed by atoms with Crippen LogP contribution in [0.25, 0.3) is 22.4 Å². The van der Waals surface area contributed by atoms with Crippen molar-refractivity contribution in [3.8, 4) is 17.3 Å². The first kappa shape index (κ1) is 18.4. The molecule has 1 radical (unpaired) electrons. The molecule has 0 atom stereocenters. The van der Waals surface area contributed by atoms with E-state index >= 15 is 0 Å². The van der Waals surface area contributed by atoms with Gasteiger partial charge in [-0.2, -0.15) is 8.91 Å². The second-order valence-electron chi connectivity index (χ2n) is 6.26. The smallest absolute Gasteiger partial charge is 0.310 e. The molecule has 1 aliphatic rings. The zero-order valence-electron chi connectivity index (χ0n) is 14.4. The van der Waals surface area contributed by atoms with Crippen LogP contribution in [0.5, 0.6) is 6.01 Å². The third-order valence-corrected chi connectivity index (χ3v) is 5.80. The quantitative estimate of drug-likeness (QED) is 0.296. The Labute approximate surface area is 173 Å². The number of hydrogen-bond acceptors (Lipinski definition) is 7. The molecule has 0 spiro atoms. The van der Waals surface area contributed by atoms with Gasteiger partial charge in [0.15, 0.2) is 5.65 Å². The number of ether oxygens (including phenoxy) is 1. The molecule has 0 aliphatic carbocycles. The van der Waals surface area contributed by atoms with E-state index in [0.29, 0.717) is 27.4 Å². The second-order valence-corrected chi connectivity index (χ2v) is 8.43. The Morgan fingerprint density at radius 1 is 1.30 bits per heavy atom. The molecule has 141 valence electrons. The highest BCUT2D eigenvalue weighted by atomic mass is 127. The van der Waals surface area contributed by atoms with Crippen LogP contribution in [0.4, 0.5) is 5.95 Å². The monoisotopic (exact) mass is 498 g/mol. The highest BCUT2D eigenvalue weighted by Crippen LogP contribution is 2.29. The van der Waals surface area contributed by atoms with Crippen molar-refractivity contribution in [2.24, 2.45) is 0 Å². The third-order valence-electron chi connectivity index (χ3n) is 4.26. The van der Waals surface area contributed by atoms with Crippen LogP contribution in [-0.4, -0.2) is 47.9 Å². The minimum atomic E-state index is -0.462. The van der Waals surface area contributed by atoms with Gasteiger partial charge in [0.25, 0.3) is 0 Å². The van der Waals surface area contributed by atoms with Crippen molar-refractivity contribution in [3.05, 3.63) is 23.5 Å². The fourth-order valence-electron chi connectivity index (χ4n) is 2.94. The number of halogens is 2. The number of imidazole rings is 1. The highest BCUT2D eigenvalue weighted by molar-refractivity contribution is 6.33. The molecule has 0 saturated carbocycles. The lowest BCUT2D eigenvalue weighted by Gasteiger charge is -2.35. The summed E-state index contributed by atoms with van der Waals surface area (Å²) in [6, 6.07) is 1.78. The van der Waals surface area contributed by atoms with Crippen LogP contribution in [0.15, 0.2) is 18.5 Å². The van der Waals surface area contributed by atoms with E-state index in [1.165, 1.54) is 6.92 Å². The average molecular weight is 499 g/mol. The van der Waals surface area contributed by atoms with E-state index in [2.05, 4.69) is 52.4 Å². The van der Waals surface area contributed by atoms with Crippen molar-refractivity contribution >= 4 is 34.7 Å². The molecule has 1 saturated heterocycles. The zero-order chi connectivity index (χ0) is 19.0. The minimum Gasteiger partial charge on any atom is -0.793 e. The number of piperidine rings is 1. The fourth-order valence-corrected chi connectivity index (χ4v) is 3.75. The first-order valence-electron chi connectivity index (χ1n) is 8.45. The Balaban J connectivity index is 1.61. The molecule has 3 aromatic rings. The van der Waals surface area contributed by atoms with Gasteiger partial charge in [-0.1, -0.05) is 24.4 Å². The van der Waals surface area contributed by atoms with E-state index in [1.807, 2.05) is 0 Å². The van der Waals surface area contributed by atoms with Gasteiger partial charge >= 0.3 is 12.0 Å². The number of aromatic nitrogens is 5. The summed E-state index contributed by atoms with van der Waals surface area (Å²) in [4.78, 5) is 33.7.